The van der Waals surface area contributed by atoms with Gasteiger partial charge in [-0.05, 0) is 31.2 Å². The molecule has 0 saturated carbocycles. The summed E-state index contributed by atoms with van der Waals surface area (Å²) in [5, 5.41) is 7.54. The zero-order valence-electron chi connectivity index (χ0n) is 10.3. The molecule has 0 N–H and O–H groups in total. The van der Waals surface area contributed by atoms with E-state index in [1.165, 1.54) is 0 Å². The van der Waals surface area contributed by atoms with E-state index in [4.69, 9.17) is 13.8 Å². The SMILES string of the molecule is COc1ccc(-c2noc(-c3nc(C)no3)n2)cc1. The summed E-state index contributed by atoms with van der Waals surface area (Å²) in [6.07, 6.45) is 0. The molecule has 0 bridgehead atoms. The van der Waals surface area contributed by atoms with Gasteiger partial charge in [0.05, 0.1) is 7.11 Å². The number of nitrogens with zero attached hydrogens (tertiary/aromatic N) is 4. The Kier molecular flexibility index (Phi) is 2.71. The van der Waals surface area contributed by atoms with Crippen LogP contribution in [0.1, 0.15) is 5.82 Å². The Morgan fingerprint density at radius 2 is 1.63 bits per heavy atom. The monoisotopic (exact) mass is 258 g/mol. The van der Waals surface area contributed by atoms with E-state index >= 15 is 0 Å². The molecule has 0 amide bonds. The summed E-state index contributed by atoms with van der Waals surface area (Å²) >= 11 is 0. The molecule has 7 nitrogen and oxygen atoms in total. The van der Waals surface area contributed by atoms with E-state index in [1.54, 1.807) is 14.0 Å². The zero-order valence-corrected chi connectivity index (χ0v) is 10.3. The average molecular weight is 258 g/mol. The number of aryl methyl sites for hydroxylation is 1. The Hall–Kier alpha value is -2.70. The first-order chi connectivity index (χ1) is 9.26. The van der Waals surface area contributed by atoms with Gasteiger partial charge in [0.1, 0.15) is 5.75 Å². The standard InChI is InChI=1S/C12H10N4O3/c1-7-13-11(18-15-7)12-14-10(16-19-12)8-3-5-9(17-2)6-4-8/h3-6H,1-2H3. The molecule has 0 unspecified atom stereocenters. The number of ether oxygens (including phenoxy) is 1. The number of hydrogen-bond acceptors (Lipinski definition) is 7. The van der Waals surface area contributed by atoms with E-state index in [2.05, 4.69) is 20.3 Å². The average Bonchev–Trinajstić information content (AvgIpc) is 3.07. The van der Waals surface area contributed by atoms with Crippen LogP contribution in [-0.4, -0.2) is 27.4 Å². The summed E-state index contributed by atoms with van der Waals surface area (Å²) in [6.45, 7) is 1.72. The van der Waals surface area contributed by atoms with Crippen molar-refractivity contribution in [3.63, 3.8) is 0 Å². The molecule has 0 radical (unpaired) electrons. The van der Waals surface area contributed by atoms with Gasteiger partial charge < -0.3 is 13.8 Å². The van der Waals surface area contributed by atoms with Crippen molar-refractivity contribution >= 4 is 0 Å². The van der Waals surface area contributed by atoms with Crippen molar-refractivity contribution in [1.29, 1.82) is 0 Å². The summed E-state index contributed by atoms with van der Waals surface area (Å²) in [4.78, 5) is 8.23. The Labute approximate surface area is 108 Å². The minimum atomic E-state index is 0.200. The Bertz CT molecular complexity index is 687. The molecule has 0 aliphatic heterocycles. The topological polar surface area (TPSA) is 87.1 Å². The van der Waals surface area contributed by atoms with Gasteiger partial charge in [0.25, 0.3) is 0 Å². The van der Waals surface area contributed by atoms with Crippen LogP contribution in [0.5, 0.6) is 5.75 Å². The van der Waals surface area contributed by atoms with E-state index < -0.39 is 0 Å². The zero-order chi connectivity index (χ0) is 13.2. The lowest BCUT2D eigenvalue weighted by molar-refractivity contribution is 0.381. The van der Waals surface area contributed by atoms with E-state index in [-0.39, 0.29) is 11.8 Å². The molecule has 0 saturated heterocycles. The second kappa shape index (κ2) is 4.52. The first-order valence-electron chi connectivity index (χ1n) is 5.55. The minimum absolute atomic E-state index is 0.200. The molecule has 0 fully saturated rings. The predicted octanol–water partition coefficient (Wildman–Crippen LogP) is 2.10. The van der Waals surface area contributed by atoms with Crippen molar-refractivity contribution in [2.45, 2.75) is 6.92 Å². The van der Waals surface area contributed by atoms with Gasteiger partial charge in [-0.2, -0.15) is 9.97 Å². The van der Waals surface area contributed by atoms with Crippen molar-refractivity contribution in [3.05, 3.63) is 30.1 Å². The van der Waals surface area contributed by atoms with Gasteiger partial charge in [0, 0.05) is 5.56 Å². The van der Waals surface area contributed by atoms with Gasteiger partial charge in [-0.1, -0.05) is 10.3 Å². The number of rotatable bonds is 3. The highest BCUT2D eigenvalue weighted by Crippen LogP contribution is 2.22. The molecule has 7 heteroatoms. The number of benzene rings is 1. The maximum atomic E-state index is 5.09. The molecule has 0 atom stereocenters. The summed E-state index contributed by atoms with van der Waals surface area (Å²) in [5.74, 6) is 2.14. The molecule has 0 spiro atoms. The van der Waals surface area contributed by atoms with Crippen LogP contribution in [0.15, 0.2) is 33.3 Å². The third-order valence-corrected chi connectivity index (χ3v) is 2.48. The van der Waals surface area contributed by atoms with E-state index in [1.807, 2.05) is 24.3 Å². The lowest BCUT2D eigenvalue weighted by Crippen LogP contribution is -1.84. The fraction of sp³-hybridized carbons (Fsp3) is 0.167. The molecule has 19 heavy (non-hydrogen) atoms. The highest BCUT2D eigenvalue weighted by atomic mass is 16.5. The van der Waals surface area contributed by atoms with Crippen molar-refractivity contribution in [3.8, 4) is 28.9 Å². The molecule has 0 aliphatic rings. The fourth-order valence-corrected chi connectivity index (χ4v) is 1.55. The number of methoxy groups -OCH3 is 1. The van der Waals surface area contributed by atoms with Crippen molar-refractivity contribution in [1.82, 2.24) is 20.3 Å². The summed E-state index contributed by atoms with van der Waals surface area (Å²) in [7, 11) is 1.61. The van der Waals surface area contributed by atoms with Crippen LogP contribution in [0, 0.1) is 6.92 Å². The van der Waals surface area contributed by atoms with Crippen LogP contribution >= 0.6 is 0 Å². The van der Waals surface area contributed by atoms with Crippen molar-refractivity contribution < 1.29 is 13.8 Å². The van der Waals surface area contributed by atoms with Crippen LogP contribution in [0.25, 0.3) is 23.2 Å². The van der Waals surface area contributed by atoms with Crippen LogP contribution in [0.3, 0.4) is 0 Å². The summed E-state index contributed by atoms with van der Waals surface area (Å²) in [6, 6.07) is 7.32. The predicted molar refractivity (Wildman–Crippen MR) is 64.3 cm³/mol. The maximum Gasteiger partial charge on any atom is 0.316 e. The maximum absolute atomic E-state index is 5.09. The smallest absolute Gasteiger partial charge is 0.316 e. The van der Waals surface area contributed by atoms with Crippen molar-refractivity contribution in [2.75, 3.05) is 7.11 Å². The fourth-order valence-electron chi connectivity index (χ4n) is 1.55. The lowest BCUT2D eigenvalue weighted by atomic mass is 10.2. The lowest BCUT2D eigenvalue weighted by Gasteiger charge is -1.98. The highest BCUT2D eigenvalue weighted by Gasteiger charge is 2.16. The van der Waals surface area contributed by atoms with Crippen LogP contribution < -0.4 is 4.74 Å². The molecular weight excluding hydrogens is 248 g/mol. The molecule has 0 aliphatic carbocycles. The largest absolute Gasteiger partial charge is 0.497 e. The number of aromatic nitrogens is 4. The first-order valence-corrected chi connectivity index (χ1v) is 5.55. The highest BCUT2D eigenvalue weighted by molar-refractivity contribution is 5.57. The Balaban J connectivity index is 1.91. The van der Waals surface area contributed by atoms with Crippen LogP contribution in [0.4, 0.5) is 0 Å². The Morgan fingerprint density at radius 1 is 0.947 bits per heavy atom. The van der Waals surface area contributed by atoms with Gasteiger partial charge >= 0.3 is 11.8 Å². The van der Waals surface area contributed by atoms with Gasteiger partial charge in [0.15, 0.2) is 5.82 Å². The molecule has 2 aromatic heterocycles. The normalized spacial score (nSPS) is 10.6. The van der Waals surface area contributed by atoms with E-state index in [0.717, 1.165) is 11.3 Å². The molecular formula is C12H10N4O3. The Morgan fingerprint density at radius 3 is 2.26 bits per heavy atom. The first kappa shape index (κ1) is 11.4. The van der Waals surface area contributed by atoms with Crippen LogP contribution in [-0.2, 0) is 0 Å². The number of hydrogen-bond donors (Lipinski definition) is 0. The van der Waals surface area contributed by atoms with E-state index in [0.29, 0.717) is 11.6 Å². The molecule has 1 aromatic carbocycles. The van der Waals surface area contributed by atoms with Gasteiger partial charge in [-0.15, -0.1) is 0 Å². The van der Waals surface area contributed by atoms with Crippen LogP contribution in [0.2, 0.25) is 0 Å². The van der Waals surface area contributed by atoms with Crippen molar-refractivity contribution in [2.24, 2.45) is 0 Å². The molecule has 96 valence electrons. The van der Waals surface area contributed by atoms with Gasteiger partial charge in [0.2, 0.25) is 5.82 Å². The second-order valence-electron chi connectivity index (χ2n) is 3.80. The minimum Gasteiger partial charge on any atom is -0.497 e. The quantitative estimate of drug-likeness (QED) is 0.710. The van der Waals surface area contributed by atoms with Gasteiger partial charge in [-0.3, -0.25) is 0 Å². The third kappa shape index (κ3) is 2.17. The van der Waals surface area contributed by atoms with E-state index in [9.17, 15) is 0 Å². The molecule has 3 rings (SSSR count). The summed E-state index contributed by atoms with van der Waals surface area (Å²) in [5.41, 5.74) is 0.812. The molecule has 3 aromatic rings. The molecule has 2 heterocycles. The van der Waals surface area contributed by atoms with Gasteiger partial charge in [-0.25, -0.2) is 0 Å². The second-order valence-corrected chi connectivity index (χ2v) is 3.80. The summed E-state index contributed by atoms with van der Waals surface area (Å²) < 4.78 is 15.1. The third-order valence-electron chi connectivity index (χ3n) is 2.48.